The number of anilines is 1. The van der Waals surface area contributed by atoms with Crippen molar-refractivity contribution >= 4 is 33.1 Å². The van der Waals surface area contributed by atoms with E-state index in [2.05, 4.69) is 36.4 Å². The van der Waals surface area contributed by atoms with E-state index in [9.17, 15) is 9.59 Å². The predicted octanol–water partition coefficient (Wildman–Crippen LogP) is 3.95. The van der Waals surface area contributed by atoms with Gasteiger partial charge in [0.25, 0.3) is 5.56 Å². The fourth-order valence-electron chi connectivity index (χ4n) is 4.01. The maximum Gasteiger partial charge on any atom is 0.279 e. The van der Waals surface area contributed by atoms with Crippen molar-refractivity contribution in [3.63, 3.8) is 0 Å². The van der Waals surface area contributed by atoms with Crippen LogP contribution in [-0.4, -0.2) is 20.9 Å². The highest BCUT2D eigenvalue weighted by Crippen LogP contribution is 2.41. The van der Waals surface area contributed by atoms with Crippen molar-refractivity contribution in [1.82, 2.24) is 15.0 Å². The van der Waals surface area contributed by atoms with Gasteiger partial charge in [-0.15, -0.1) is 16.4 Å². The van der Waals surface area contributed by atoms with Crippen LogP contribution in [0.1, 0.15) is 43.2 Å². The molecule has 0 bridgehead atoms. The van der Waals surface area contributed by atoms with Crippen molar-refractivity contribution in [2.75, 3.05) is 5.32 Å². The summed E-state index contributed by atoms with van der Waals surface area (Å²) in [5, 5.41) is 11.8. The van der Waals surface area contributed by atoms with Gasteiger partial charge in [0, 0.05) is 10.6 Å². The second-order valence-electron chi connectivity index (χ2n) is 8.91. The number of carbonyl (C=O) groups excluding carboxylic acids is 1. The van der Waals surface area contributed by atoms with Gasteiger partial charge in [-0.1, -0.05) is 44.2 Å². The SMILES string of the molecule is Cc1ccccc1NC(=O)Cn1nnc2sc3c(c2c1=O)CCC(C(C)(C)C)C3. The maximum atomic E-state index is 13.1. The number of aromatic nitrogens is 3. The molecule has 2 heterocycles. The van der Waals surface area contributed by atoms with Crippen molar-refractivity contribution < 1.29 is 4.79 Å². The molecule has 0 saturated carbocycles. The molecule has 1 aliphatic rings. The molecule has 6 nitrogen and oxygen atoms in total. The normalized spacial score (nSPS) is 16.6. The quantitative estimate of drug-likeness (QED) is 0.709. The average Bonchev–Trinajstić information content (AvgIpc) is 3.03. The lowest BCUT2D eigenvalue weighted by molar-refractivity contribution is -0.117. The Hall–Kier alpha value is -2.54. The van der Waals surface area contributed by atoms with Gasteiger partial charge in [-0.05, 0) is 54.7 Å². The van der Waals surface area contributed by atoms with Gasteiger partial charge in [0.1, 0.15) is 6.54 Å². The molecule has 1 aliphatic carbocycles. The third-order valence-electron chi connectivity index (χ3n) is 5.88. The van der Waals surface area contributed by atoms with Crippen LogP contribution in [0.2, 0.25) is 0 Å². The topological polar surface area (TPSA) is 76.9 Å². The first-order valence-electron chi connectivity index (χ1n) is 9.97. The fourth-order valence-corrected chi connectivity index (χ4v) is 5.24. The second kappa shape index (κ2) is 7.37. The standard InChI is InChI=1S/C22H26N4O2S/c1-13-7-5-6-8-16(13)23-18(27)12-26-21(28)19-15-10-9-14(22(2,3)4)11-17(15)29-20(19)24-25-26/h5-8,14H,9-12H2,1-4H3,(H,23,27). The summed E-state index contributed by atoms with van der Waals surface area (Å²) < 4.78 is 1.18. The predicted molar refractivity (Wildman–Crippen MR) is 116 cm³/mol. The molecule has 0 aliphatic heterocycles. The zero-order valence-corrected chi connectivity index (χ0v) is 18.1. The van der Waals surface area contributed by atoms with Gasteiger partial charge in [0.15, 0.2) is 4.83 Å². The highest BCUT2D eigenvalue weighted by molar-refractivity contribution is 7.18. The molecule has 0 spiro atoms. The smallest absolute Gasteiger partial charge is 0.279 e. The summed E-state index contributed by atoms with van der Waals surface area (Å²) in [5.41, 5.74) is 2.84. The number of carbonyl (C=O) groups is 1. The highest BCUT2D eigenvalue weighted by atomic mass is 32.1. The maximum absolute atomic E-state index is 13.1. The van der Waals surface area contributed by atoms with Crippen molar-refractivity contribution in [3.05, 3.63) is 50.6 Å². The van der Waals surface area contributed by atoms with Crippen LogP contribution in [0.3, 0.4) is 0 Å². The molecule has 0 fully saturated rings. The van der Waals surface area contributed by atoms with E-state index in [-0.39, 0.29) is 23.4 Å². The van der Waals surface area contributed by atoms with Crippen LogP contribution in [0.15, 0.2) is 29.1 Å². The Morgan fingerprint density at radius 1 is 1.31 bits per heavy atom. The Kier molecular flexibility index (Phi) is 5.02. The van der Waals surface area contributed by atoms with E-state index in [0.717, 1.165) is 36.1 Å². The third-order valence-corrected chi connectivity index (χ3v) is 7.01. The summed E-state index contributed by atoms with van der Waals surface area (Å²) >= 11 is 1.58. The number of thiophene rings is 1. The Bertz CT molecular complexity index is 1140. The molecule has 7 heteroatoms. The number of aryl methyl sites for hydroxylation is 2. The Balaban J connectivity index is 1.61. The van der Waals surface area contributed by atoms with Gasteiger partial charge in [-0.25, -0.2) is 4.68 Å². The van der Waals surface area contributed by atoms with Crippen molar-refractivity contribution in [1.29, 1.82) is 0 Å². The number of amides is 1. The van der Waals surface area contributed by atoms with E-state index in [1.807, 2.05) is 31.2 Å². The van der Waals surface area contributed by atoms with Gasteiger partial charge >= 0.3 is 0 Å². The molecule has 1 atom stereocenters. The summed E-state index contributed by atoms with van der Waals surface area (Å²) in [7, 11) is 0. The molecule has 4 rings (SSSR count). The lowest BCUT2D eigenvalue weighted by Crippen LogP contribution is -2.31. The van der Waals surface area contributed by atoms with E-state index in [4.69, 9.17) is 0 Å². The van der Waals surface area contributed by atoms with Crippen molar-refractivity contribution in [3.8, 4) is 0 Å². The molecular weight excluding hydrogens is 384 g/mol. The minimum Gasteiger partial charge on any atom is -0.324 e. The number of hydrogen-bond donors (Lipinski definition) is 1. The first-order chi connectivity index (χ1) is 13.7. The van der Waals surface area contributed by atoms with Gasteiger partial charge in [0.2, 0.25) is 5.91 Å². The molecular formula is C22H26N4O2S. The number of fused-ring (bicyclic) bond motifs is 3. The molecule has 2 aromatic heterocycles. The number of nitrogens with one attached hydrogen (secondary N) is 1. The summed E-state index contributed by atoms with van der Waals surface area (Å²) in [6.45, 7) is 8.60. The molecule has 1 N–H and O–H groups in total. The summed E-state index contributed by atoms with van der Waals surface area (Å²) in [6.07, 6.45) is 2.93. The zero-order chi connectivity index (χ0) is 20.8. The van der Waals surface area contributed by atoms with Crippen LogP contribution < -0.4 is 10.9 Å². The van der Waals surface area contributed by atoms with Crippen LogP contribution in [-0.2, 0) is 24.2 Å². The van der Waals surface area contributed by atoms with Crippen LogP contribution in [0.25, 0.3) is 10.2 Å². The fraction of sp³-hybridized carbons (Fsp3) is 0.455. The van der Waals surface area contributed by atoms with Crippen LogP contribution in [0.4, 0.5) is 5.69 Å². The van der Waals surface area contributed by atoms with Crippen molar-refractivity contribution in [2.24, 2.45) is 11.3 Å². The minimum absolute atomic E-state index is 0.147. The van der Waals surface area contributed by atoms with E-state index < -0.39 is 0 Å². The Labute approximate surface area is 173 Å². The first-order valence-corrected chi connectivity index (χ1v) is 10.8. The average molecular weight is 411 g/mol. The molecule has 1 amide bonds. The molecule has 0 saturated heterocycles. The van der Waals surface area contributed by atoms with E-state index >= 15 is 0 Å². The zero-order valence-electron chi connectivity index (χ0n) is 17.3. The number of para-hydroxylation sites is 1. The minimum atomic E-state index is -0.285. The van der Waals surface area contributed by atoms with Gasteiger partial charge in [-0.3, -0.25) is 9.59 Å². The molecule has 1 aromatic carbocycles. The summed E-state index contributed by atoms with van der Waals surface area (Å²) in [5.74, 6) is 0.310. The number of hydrogen-bond acceptors (Lipinski definition) is 5. The van der Waals surface area contributed by atoms with Gasteiger partial charge in [-0.2, -0.15) is 0 Å². The van der Waals surface area contributed by atoms with E-state index in [0.29, 0.717) is 16.1 Å². The lowest BCUT2D eigenvalue weighted by Gasteiger charge is -2.33. The Morgan fingerprint density at radius 2 is 2.07 bits per heavy atom. The molecule has 1 unspecified atom stereocenters. The van der Waals surface area contributed by atoms with Crippen molar-refractivity contribution in [2.45, 2.75) is 53.5 Å². The lowest BCUT2D eigenvalue weighted by atomic mass is 9.72. The molecule has 152 valence electrons. The summed E-state index contributed by atoms with van der Waals surface area (Å²) in [6, 6.07) is 7.55. The molecule has 29 heavy (non-hydrogen) atoms. The monoisotopic (exact) mass is 410 g/mol. The van der Waals surface area contributed by atoms with Gasteiger partial charge < -0.3 is 5.32 Å². The van der Waals surface area contributed by atoms with Crippen LogP contribution >= 0.6 is 11.3 Å². The van der Waals surface area contributed by atoms with Crippen LogP contribution in [0, 0.1) is 18.3 Å². The molecule has 3 aromatic rings. The Morgan fingerprint density at radius 3 is 2.79 bits per heavy atom. The largest absolute Gasteiger partial charge is 0.324 e. The number of nitrogens with zero attached hydrogens (tertiary/aromatic N) is 3. The second-order valence-corrected chi connectivity index (χ2v) is 9.99. The number of rotatable bonds is 3. The van der Waals surface area contributed by atoms with E-state index in [1.165, 1.54) is 9.56 Å². The number of benzene rings is 1. The van der Waals surface area contributed by atoms with Crippen LogP contribution in [0.5, 0.6) is 0 Å². The first kappa shape index (κ1) is 19.8. The third kappa shape index (κ3) is 3.83. The highest BCUT2D eigenvalue weighted by Gasteiger charge is 2.32. The summed E-state index contributed by atoms with van der Waals surface area (Å²) in [4.78, 5) is 27.5. The molecule has 0 radical (unpaired) electrons. The van der Waals surface area contributed by atoms with E-state index in [1.54, 1.807) is 11.3 Å². The van der Waals surface area contributed by atoms with Gasteiger partial charge in [0.05, 0.1) is 5.39 Å².